The fourth-order valence-electron chi connectivity index (χ4n) is 2.94. The number of carboxylic acids is 4. The topological polar surface area (TPSA) is 158 Å². The first kappa shape index (κ1) is 17.9. The van der Waals surface area contributed by atoms with E-state index >= 15 is 0 Å². The average molecular weight is 318 g/mol. The van der Waals surface area contributed by atoms with Gasteiger partial charge in [-0.3, -0.25) is 19.2 Å². The number of carbonyl (C=O) groups is 4. The molecular weight excluding hydrogens is 300 g/mol. The first-order valence-electron chi connectivity index (χ1n) is 6.69. The normalized spacial score (nSPS) is 28.0. The second kappa shape index (κ2) is 7.74. The summed E-state index contributed by atoms with van der Waals surface area (Å²) in [4.78, 5) is 43.7. The molecule has 0 saturated carbocycles. The summed E-state index contributed by atoms with van der Waals surface area (Å²) in [6, 6.07) is 0. The molecule has 1 aliphatic heterocycles. The Morgan fingerprint density at radius 1 is 0.727 bits per heavy atom. The van der Waals surface area contributed by atoms with Gasteiger partial charge in [0.25, 0.3) is 0 Å². The van der Waals surface area contributed by atoms with Gasteiger partial charge in [-0.05, 0) is 17.8 Å². The van der Waals surface area contributed by atoms with Crippen molar-refractivity contribution in [2.75, 3.05) is 6.61 Å². The maximum absolute atomic E-state index is 11.0. The van der Waals surface area contributed by atoms with E-state index in [9.17, 15) is 19.2 Å². The zero-order valence-electron chi connectivity index (χ0n) is 11.7. The van der Waals surface area contributed by atoms with Gasteiger partial charge < -0.3 is 25.2 Å². The first-order chi connectivity index (χ1) is 10.2. The van der Waals surface area contributed by atoms with Gasteiger partial charge in [0, 0.05) is 6.42 Å². The highest BCUT2D eigenvalue weighted by atomic mass is 16.5. The monoisotopic (exact) mass is 318 g/mol. The highest BCUT2D eigenvalue weighted by Crippen LogP contribution is 2.39. The van der Waals surface area contributed by atoms with Crippen molar-refractivity contribution in [3.8, 4) is 0 Å². The standard InChI is InChI=1S/C13H18O9/c14-10(15)1-6-5-22-9(4-13(20)21)8(3-12(18)19)7(6)2-11(16)17/h6-9H,1-5H2,(H,14,15)(H,16,17)(H,18,19)(H,20,21)/t6-,7+,8-,9-/m1/s1. The smallest absolute Gasteiger partial charge is 0.305 e. The van der Waals surface area contributed by atoms with Crippen molar-refractivity contribution in [2.45, 2.75) is 31.8 Å². The van der Waals surface area contributed by atoms with Gasteiger partial charge in [0.15, 0.2) is 0 Å². The fourth-order valence-corrected chi connectivity index (χ4v) is 2.94. The van der Waals surface area contributed by atoms with Gasteiger partial charge in [-0.15, -0.1) is 0 Å². The Morgan fingerprint density at radius 2 is 1.18 bits per heavy atom. The minimum atomic E-state index is -1.21. The summed E-state index contributed by atoms with van der Waals surface area (Å²) in [6.07, 6.45) is -2.63. The van der Waals surface area contributed by atoms with E-state index in [0.29, 0.717) is 0 Å². The van der Waals surface area contributed by atoms with Crippen molar-refractivity contribution >= 4 is 23.9 Å². The molecule has 124 valence electrons. The molecule has 0 aromatic carbocycles. The lowest BCUT2D eigenvalue weighted by molar-refractivity contribution is -0.162. The number of hydrogen-bond donors (Lipinski definition) is 4. The zero-order valence-corrected chi connectivity index (χ0v) is 11.7. The quantitative estimate of drug-likeness (QED) is 0.488. The van der Waals surface area contributed by atoms with E-state index in [-0.39, 0.29) is 13.0 Å². The van der Waals surface area contributed by atoms with Crippen LogP contribution in [0.2, 0.25) is 0 Å². The van der Waals surface area contributed by atoms with Gasteiger partial charge in [-0.2, -0.15) is 0 Å². The van der Waals surface area contributed by atoms with Crippen LogP contribution in [0.1, 0.15) is 25.7 Å². The Labute approximate surface area is 125 Å². The van der Waals surface area contributed by atoms with E-state index in [1.165, 1.54) is 0 Å². The minimum absolute atomic E-state index is 0.0989. The van der Waals surface area contributed by atoms with Crippen molar-refractivity contribution in [3.05, 3.63) is 0 Å². The summed E-state index contributed by atoms with van der Waals surface area (Å²) >= 11 is 0. The lowest BCUT2D eigenvalue weighted by atomic mass is 9.71. The number of rotatable bonds is 8. The maximum atomic E-state index is 11.0. The van der Waals surface area contributed by atoms with Gasteiger partial charge >= 0.3 is 23.9 Å². The lowest BCUT2D eigenvalue weighted by Crippen LogP contribution is -2.45. The summed E-state index contributed by atoms with van der Waals surface area (Å²) in [5.41, 5.74) is 0. The van der Waals surface area contributed by atoms with Crippen molar-refractivity contribution < 1.29 is 44.3 Å². The van der Waals surface area contributed by atoms with E-state index in [1.807, 2.05) is 0 Å². The molecule has 0 unspecified atom stereocenters. The van der Waals surface area contributed by atoms with Crippen LogP contribution in [0.15, 0.2) is 0 Å². The van der Waals surface area contributed by atoms with Crippen LogP contribution in [0.3, 0.4) is 0 Å². The number of ether oxygens (including phenoxy) is 1. The summed E-state index contributed by atoms with van der Waals surface area (Å²) in [7, 11) is 0. The van der Waals surface area contributed by atoms with Gasteiger partial charge in [0.05, 0.1) is 32.0 Å². The predicted molar refractivity (Wildman–Crippen MR) is 69.2 cm³/mol. The van der Waals surface area contributed by atoms with Crippen molar-refractivity contribution in [1.29, 1.82) is 0 Å². The molecule has 1 saturated heterocycles. The third-order valence-electron chi connectivity index (χ3n) is 3.79. The minimum Gasteiger partial charge on any atom is -0.481 e. The summed E-state index contributed by atoms with van der Waals surface area (Å²) < 4.78 is 5.33. The van der Waals surface area contributed by atoms with Gasteiger partial charge in [0.1, 0.15) is 0 Å². The Kier molecular flexibility index (Phi) is 6.29. The molecule has 0 amide bonds. The zero-order chi connectivity index (χ0) is 16.9. The Bertz CT molecular complexity index is 416. The van der Waals surface area contributed by atoms with Crippen LogP contribution in [0.5, 0.6) is 0 Å². The van der Waals surface area contributed by atoms with E-state index in [1.54, 1.807) is 0 Å². The molecule has 9 heteroatoms. The van der Waals surface area contributed by atoms with Crippen LogP contribution in [0, 0.1) is 17.8 Å². The third kappa shape index (κ3) is 5.32. The van der Waals surface area contributed by atoms with Crippen LogP contribution in [-0.2, 0) is 23.9 Å². The highest BCUT2D eigenvalue weighted by molar-refractivity contribution is 5.71. The predicted octanol–water partition coefficient (Wildman–Crippen LogP) is 0.133. The van der Waals surface area contributed by atoms with E-state index in [0.717, 1.165) is 0 Å². The third-order valence-corrected chi connectivity index (χ3v) is 3.79. The Balaban J connectivity index is 3.03. The molecule has 22 heavy (non-hydrogen) atoms. The molecule has 0 radical (unpaired) electrons. The second-order valence-electron chi connectivity index (χ2n) is 5.35. The SMILES string of the molecule is O=C(O)C[C@@H]1CO[C@H](CC(=O)O)[C@H](CC(=O)O)[C@H]1CC(=O)O. The Morgan fingerprint density at radius 3 is 1.64 bits per heavy atom. The molecule has 9 nitrogen and oxygen atoms in total. The summed E-state index contributed by atoms with van der Waals surface area (Å²) in [5, 5.41) is 35.7. The van der Waals surface area contributed by atoms with E-state index in [4.69, 9.17) is 25.2 Å². The van der Waals surface area contributed by atoms with Crippen molar-refractivity contribution in [1.82, 2.24) is 0 Å². The van der Waals surface area contributed by atoms with Crippen LogP contribution < -0.4 is 0 Å². The van der Waals surface area contributed by atoms with Crippen LogP contribution in [0.25, 0.3) is 0 Å². The molecule has 1 heterocycles. The van der Waals surface area contributed by atoms with Gasteiger partial charge in [-0.1, -0.05) is 0 Å². The molecule has 0 aromatic heterocycles. The largest absolute Gasteiger partial charge is 0.481 e. The molecule has 0 aromatic rings. The summed E-state index contributed by atoms with van der Waals surface area (Å²) in [5.74, 6) is -7.02. The van der Waals surface area contributed by atoms with E-state index in [2.05, 4.69) is 0 Å². The number of aliphatic carboxylic acids is 4. The van der Waals surface area contributed by atoms with Crippen molar-refractivity contribution in [3.63, 3.8) is 0 Å². The first-order valence-corrected chi connectivity index (χ1v) is 6.69. The lowest BCUT2D eigenvalue weighted by Gasteiger charge is -2.41. The second-order valence-corrected chi connectivity index (χ2v) is 5.35. The number of carboxylic acid groups (broad SMARTS) is 4. The molecule has 0 spiro atoms. The van der Waals surface area contributed by atoms with Gasteiger partial charge in [-0.25, -0.2) is 0 Å². The molecule has 4 N–H and O–H groups in total. The molecule has 1 rings (SSSR count). The molecule has 1 fully saturated rings. The van der Waals surface area contributed by atoms with Gasteiger partial charge in [0.2, 0.25) is 0 Å². The molecular formula is C13H18O9. The molecule has 0 aliphatic carbocycles. The summed E-state index contributed by atoms with van der Waals surface area (Å²) in [6.45, 7) is -0.0989. The molecule has 1 aliphatic rings. The molecule has 0 bridgehead atoms. The van der Waals surface area contributed by atoms with Crippen molar-refractivity contribution in [2.24, 2.45) is 17.8 Å². The number of hydrogen-bond acceptors (Lipinski definition) is 5. The average Bonchev–Trinajstić information content (AvgIpc) is 2.34. The Hall–Kier alpha value is -2.16. The fraction of sp³-hybridized carbons (Fsp3) is 0.692. The van der Waals surface area contributed by atoms with Crippen LogP contribution >= 0.6 is 0 Å². The maximum Gasteiger partial charge on any atom is 0.305 e. The van der Waals surface area contributed by atoms with Crippen LogP contribution in [-0.4, -0.2) is 57.0 Å². The highest BCUT2D eigenvalue weighted by Gasteiger charge is 2.43. The van der Waals surface area contributed by atoms with Crippen LogP contribution in [0.4, 0.5) is 0 Å². The van der Waals surface area contributed by atoms with E-state index < -0.39 is 67.0 Å². The molecule has 4 atom stereocenters.